The average molecular weight is 408 g/mol. The number of rotatable bonds is 4. The molecule has 0 radical (unpaired) electrons. The molecule has 1 fully saturated rings. The number of aryl methyl sites for hydroxylation is 1. The van der Waals surface area contributed by atoms with Gasteiger partial charge in [-0.3, -0.25) is 9.59 Å². The Hall–Kier alpha value is -2.24. The molecule has 0 unspecified atom stereocenters. The summed E-state index contributed by atoms with van der Waals surface area (Å²) in [7, 11) is 0. The van der Waals surface area contributed by atoms with E-state index in [2.05, 4.69) is 0 Å². The molecule has 5 nitrogen and oxygen atoms in total. The van der Waals surface area contributed by atoms with Crippen LogP contribution in [0.25, 0.3) is 0 Å². The number of hydrogen-bond donors (Lipinski definition) is 1. The molecule has 2 amide bonds. The number of carbonyl (C=O) groups is 2. The van der Waals surface area contributed by atoms with Crippen molar-refractivity contribution in [1.29, 1.82) is 0 Å². The van der Waals surface area contributed by atoms with Crippen molar-refractivity contribution in [1.82, 2.24) is 9.80 Å². The number of anilines is 1. The SMILES string of the molecule is Cl.Nc1ccccc1CCC(=O)N1CCN(C(=O)c2ccc(Cl)cc2)CC1. The summed E-state index contributed by atoms with van der Waals surface area (Å²) < 4.78 is 0. The predicted molar refractivity (Wildman–Crippen MR) is 110 cm³/mol. The third kappa shape index (κ3) is 5.37. The predicted octanol–water partition coefficient (Wildman–Crippen LogP) is 3.26. The second kappa shape index (κ2) is 9.62. The number of halogens is 2. The summed E-state index contributed by atoms with van der Waals surface area (Å²) in [5.41, 5.74) is 8.26. The van der Waals surface area contributed by atoms with Crippen molar-refractivity contribution in [2.45, 2.75) is 12.8 Å². The molecule has 2 aromatic carbocycles. The number of nitrogens with zero attached hydrogens (tertiary/aromatic N) is 2. The highest BCUT2D eigenvalue weighted by molar-refractivity contribution is 6.30. The van der Waals surface area contributed by atoms with Crippen LogP contribution in [0.5, 0.6) is 0 Å². The largest absolute Gasteiger partial charge is 0.399 e. The summed E-state index contributed by atoms with van der Waals surface area (Å²) in [6.45, 7) is 2.20. The summed E-state index contributed by atoms with van der Waals surface area (Å²) in [5.74, 6) is 0.0812. The Morgan fingerprint density at radius 1 is 0.926 bits per heavy atom. The number of benzene rings is 2. The molecule has 0 aliphatic carbocycles. The maximum Gasteiger partial charge on any atom is 0.253 e. The molecule has 2 N–H and O–H groups in total. The standard InChI is InChI=1S/C20H22ClN3O2.ClH/c21-17-8-5-16(6-9-17)20(26)24-13-11-23(12-14-24)19(25)10-7-15-3-1-2-4-18(15)22;/h1-6,8-9H,7,10-14,22H2;1H. The maximum absolute atomic E-state index is 12.5. The highest BCUT2D eigenvalue weighted by Gasteiger charge is 2.24. The minimum absolute atomic E-state index is 0. The van der Waals surface area contributed by atoms with E-state index in [1.54, 1.807) is 29.2 Å². The van der Waals surface area contributed by atoms with E-state index < -0.39 is 0 Å². The molecule has 1 aliphatic heterocycles. The van der Waals surface area contributed by atoms with Gasteiger partial charge in [-0.15, -0.1) is 12.4 Å². The third-order valence-corrected chi connectivity index (χ3v) is 4.93. The summed E-state index contributed by atoms with van der Waals surface area (Å²) >= 11 is 5.86. The molecule has 0 atom stereocenters. The van der Waals surface area contributed by atoms with Crippen LogP contribution in [0.1, 0.15) is 22.3 Å². The van der Waals surface area contributed by atoms with E-state index in [0.29, 0.717) is 49.6 Å². The van der Waals surface area contributed by atoms with Gasteiger partial charge in [0.25, 0.3) is 5.91 Å². The molecule has 27 heavy (non-hydrogen) atoms. The fourth-order valence-corrected chi connectivity index (χ4v) is 3.22. The molecular formula is C20H23Cl2N3O2. The number of piperazine rings is 1. The first-order valence-electron chi connectivity index (χ1n) is 8.70. The lowest BCUT2D eigenvalue weighted by Crippen LogP contribution is -2.50. The van der Waals surface area contributed by atoms with Gasteiger partial charge < -0.3 is 15.5 Å². The molecule has 3 rings (SSSR count). The minimum atomic E-state index is -0.0224. The number of amides is 2. The Bertz CT molecular complexity index is 788. The number of carbonyl (C=O) groups excluding carboxylic acids is 2. The van der Waals surface area contributed by atoms with Gasteiger partial charge >= 0.3 is 0 Å². The van der Waals surface area contributed by atoms with Crippen LogP contribution in [-0.4, -0.2) is 47.8 Å². The van der Waals surface area contributed by atoms with Crippen LogP contribution in [0.2, 0.25) is 5.02 Å². The van der Waals surface area contributed by atoms with Crippen molar-refractivity contribution >= 4 is 41.5 Å². The molecular weight excluding hydrogens is 385 g/mol. The fraction of sp³-hybridized carbons (Fsp3) is 0.300. The van der Waals surface area contributed by atoms with Crippen molar-refractivity contribution in [3.05, 3.63) is 64.7 Å². The molecule has 144 valence electrons. The lowest BCUT2D eigenvalue weighted by Gasteiger charge is -2.35. The van der Waals surface area contributed by atoms with Crippen LogP contribution in [0, 0.1) is 0 Å². The zero-order valence-electron chi connectivity index (χ0n) is 14.9. The zero-order chi connectivity index (χ0) is 18.5. The normalized spacial score (nSPS) is 13.8. The number of nitrogens with two attached hydrogens (primary N) is 1. The molecule has 1 heterocycles. The second-order valence-electron chi connectivity index (χ2n) is 6.38. The third-order valence-electron chi connectivity index (χ3n) is 4.67. The van der Waals surface area contributed by atoms with E-state index in [1.165, 1.54) is 0 Å². The first-order valence-corrected chi connectivity index (χ1v) is 9.08. The number of hydrogen-bond acceptors (Lipinski definition) is 3. The van der Waals surface area contributed by atoms with Gasteiger partial charge in [0.15, 0.2) is 0 Å². The van der Waals surface area contributed by atoms with Crippen LogP contribution >= 0.6 is 24.0 Å². The van der Waals surface area contributed by atoms with Crippen LogP contribution < -0.4 is 5.73 Å². The van der Waals surface area contributed by atoms with E-state index in [1.807, 2.05) is 29.2 Å². The molecule has 0 aromatic heterocycles. The average Bonchev–Trinajstić information content (AvgIpc) is 2.67. The molecule has 1 saturated heterocycles. The van der Waals surface area contributed by atoms with Crippen molar-refractivity contribution in [2.24, 2.45) is 0 Å². The lowest BCUT2D eigenvalue weighted by atomic mass is 10.1. The molecule has 2 aromatic rings. The lowest BCUT2D eigenvalue weighted by molar-refractivity contribution is -0.132. The Labute approximate surface area is 170 Å². The minimum Gasteiger partial charge on any atom is -0.399 e. The van der Waals surface area contributed by atoms with Crippen molar-refractivity contribution in [2.75, 3.05) is 31.9 Å². The van der Waals surface area contributed by atoms with E-state index in [-0.39, 0.29) is 24.2 Å². The van der Waals surface area contributed by atoms with E-state index in [4.69, 9.17) is 17.3 Å². The zero-order valence-corrected chi connectivity index (χ0v) is 16.5. The molecule has 7 heteroatoms. The number of nitrogen functional groups attached to an aromatic ring is 1. The van der Waals surface area contributed by atoms with Gasteiger partial charge in [-0.25, -0.2) is 0 Å². The summed E-state index contributed by atoms with van der Waals surface area (Å²) in [5, 5.41) is 0.607. The Kier molecular flexibility index (Phi) is 7.51. The second-order valence-corrected chi connectivity index (χ2v) is 6.82. The van der Waals surface area contributed by atoms with Crippen molar-refractivity contribution < 1.29 is 9.59 Å². The molecule has 1 aliphatic rings. The van der Waals surface area contributed by atoms with Crippen LogP contribution in [-0.2, 0) is 11.2 Å². The highest BCUT2D eigenvalue weighted by atomic mass is 35.5. The van der Waals surface area contributed by atoms with Gasteiger partial charge in [0, 0.05) is 48.9 Å². The first kappa shape index (κ1) is 21.1. The van der Waals surface area contributed by atoms with Gasteiger partial charge in [0.2, 0.25) is 5.91 Å². The Morgan fingerprint density at radius 3 is 2.15 bits per heavy atom. The quantitative estimate of drug-likeness (QED) is 0.790. The van der Waals surface area contributed by atoms with E-state index in [9.17, 15) is 9.59 Å². The highest BCUT2D eigenvalue weighted by Crippen LogP contribution is 2.16. The van der Waals surface area contributed by atoms with Crippen LogP contribution in [0.4, 0.5) is 5.69 Å². The molecule has 0 saturated carbocycles. The Morgan fingerprint density at radius 2 is 1.52 bits per heavy atom. The van der Waals surface area contributed by atoms with E-state index in [0.717, 1.165) is 11.3 Å². The van der Waals surface area contributed by atoms with Gasteiger partial charge in [0.05, 0.1) is 0 Å². The van der Waals surface area contributed by atoms with E-state index >= 15 is 0 Å². The maximum atomic E-state index is 12.5. The first-order chi connectivity index (χ1) is 12.5. The van der Waals surface area contributed by atoms with Crippen LogP contribution in [0.15, 0.2) is 48.5 Å². The number of para-hydroxylation sites is 1. The van der Waals surface area contributed by atoms with Gasteiger partial charge in [-0.2, -0.15) is 0 Å². The van der Waals surface area contributed by atoms with Gasteiger partial charge in [-0.05, 0) is 42.3 Å². The summed E-state index contributed by atoms with van der Waals surface area (Å²) in [6, 6.07) is 14.5. The monoisotopic (exact) mass is 407 g/mol. The fourth-order valence-electron chi connectivity index (χ4n) is 3.10. The van der Waals surface area contributed by atoms with Gasteiger partial charge in [-0.1, -0.05) is 29.8 Å². The summed E-state index contributed by atoms with van der Waals surface area (Å²) in [6.07, 6.45) is 1.06. The smallest absolute Gasteiger partial charge is 0.253 e. The Balaban J connectivity index is 0.00000261. The van der Waals surface area contributed by atoms with Gasteiger partial charge in [0.1, 0.15) is 0 Å². The topological polar surface area (TPSA) is 66.6 Å². The molecule has 0 spiro atoms. The van der Waals surface area contributed by atoms with Crippen molar-refractivity contribution in [3.8, 4) is 0 Å². The summed E-state index contributed by atoms with van der Waals surface area (Å²) in [4.78, 5) is 28.5. The van der Waals surface area contributed by atoms with Crippen LogP contribution in [0.3, 0.4) is 0 Å². The van der Waals surface area contributed by atoms with Crippen molar-refractivity contribution in [3.63, 3.8) is 0 Å². The molecule has 0 bridgehead atoms.